The Morgan fingerprint density at radius 2 is 2.05 bits per heavy atom. The fourth-order valence-electron chi connectivity index (χ4n) is 1.62. The van der Waals surface area contributed by atoms with E-state index in [0.29, 0.717) is 5.75 Å². The summed E-state index contributed by atoms with van der Waals surface area (Å²) in [5, 5.41) is 11.1. The van der Waals surface area contributed by atoms with Crippen LogP contribution in [-0.2, 0) is 0 Å². The first kappa shape index (κ1) is 14.0. The Balaban J connectivity index is 2.44. The Kier molecular flexibility index (Phi) is 4.32. The van der Waals surface area contributed by atoms with Gasteiger partial charge in [0, 0.05) is 11.6 Å². The molecule has 0 saturated carbocycles. The number of halogens is 1. The fourth-order valence-corrected chi connectivity index (χ4v) is 1.76. The van der Waals surface area contributed by atoms with Crippen molar-refractivity contribution in [1.82, 2.24) is 4.98 Å². The number of rotatable bonds is 4. The molecule has 0 aliphatic heterocycles. The first-order valence-electron chi connectivity index (χ1n) is 5.82. The van der Waals surface area contributed by atoms with Gasteiger partial charge in [0.2, 0.25) is 0 Å². The van der Waals surface area contributed by atoms with Crippen LogP contribution in [0.15, 0.2) is 42.5 Å². The largest absolute Gasteiger partial charge is 0.433 e. The van der Waals surface area contributed by atoms with E-state index in [0.717, 1.165) is 5.56 Å². The maximum absolute atomic E-state index is 11.0. The zero-order chi connectivity index (χ0) is 14.5. The number of pyridine rings is 1. The number of ether oxygens (including phenoxy) is 1. The lowest BCUT2D eigenvalue weighted by atomic mass is 10.2. The van der Waals surface area contributed by atoms with Crippen LogP contribution in [0, 0.1) is 10.1 Å². The lowest BCUT2D eigenvalue weighted by molar-refractivity contribution is -0.386. The molecule has 20 heavy (non-hydrogen) atoms. The summed E-state index contributed by atoms with van der Waals surface area (Å²) in [4.78, 5) is 14.3. The molecule has 2 aromatic rings. The summed E-state index contributed by atoms with van der Waals surface area (Å²) in [6.07, 6.45) is 3.69. The molecule has 0 atom stereocenters. The zero-order valence-corrected chi connectivity index (χ0v) is 11.4. The highest BCUT2D eigenvalue weighted by Crippen LogP contribution is 2.32. The Bertz CT molecular complexity index is 671. The van der Waals surface area contributed by atoms with Crippen LogP contribution in [0.25, 0.3) is 6.08 Å². The van der Waals surface area contributed by atoms with Crippen molar-refractivity contribution >= 4 is 23.4 Å². The van der Waals surface area contributed by atoms with E-state index in [1.807, 2.05) is 31.2 Å². The highest BCUT2D eigenvalue weighted by molar-refractivity contribution is 6.29. The minimum atomic E-state index is -0.559. The molecule has 1 aromatic heterocycles. The van der Waals surface area contributed by atoms with Crippen molar-refractivity contribution < 1.29 is 9.66 Å². The molecule has 0 aliphatic rings. The quantitative estimate of drug-likeness (QED) is 0.473. The molecule has 0 fully saturated rings. The van der Waals surface area contributed by atoms with Gasteiger partial charge in [-0.05, 0) is 19.1 Å². The molecule has 1 heterocycles. The molecule has 0 aliphatic carbocycles. The van der Waals surface area contributed by atoms with E-state index in [1.54, 1.807) is 12.1 Å². The number of aromatic nitrogens is 1. The van der Waals surface area contributed by atoms with Crippen molar-refractivity contribution in [1.29, 1.82) is 0 Å². The number of nitrogens with zero attached hydrogens (tertiary/aromatic N) is 2. The average molecular weight is 291 g/mol. The third kappa shape index (κ3) is 3.13. The van der Waals surface area contributed by atoms with Crippen LogP contribution in [0.3, 0.4) is 0 Å². The van der Waals surface area contributed by atoms with E-state index in [1.165, 1.54) is 12.1 Å². The number of nitro groups is 1. The average Bonchev–Trinajstić information content (AvgIpc) is 2.41. The molecule has 0 saturated heterocycles. The normalized spacial score (nSPS) is 10.7. The van der Waals surface area contributed by atoms with E-state index >= 15 is 0 Å². The molecule has 2 rings (SSSR count). The van der Waals surface area contributed by atoms with Crippen molar-refractivity contribution in [3.05, 3.63) is 63.3 Å². The molecule has 102 valence electrons. The minimum absolute atomic E-state index is 0.126. The van der Waals surface area contributed by atoms with Crippen molar-refractivity contribution in [3.63, 3.8) is 0 Å². The summed E-state index contributed by atoms with van der Waals surface area (Å²) >= 11 is 5.76. The van der Waals surface area contributed by atoms with E-state index in [2.05, 4.69) is 4.98 Å². The van der Waals surface area contributed by atoms with Gasteiger partial charge < -0.3 is 4.74 Å². The molecule has 0 unspecified atom stereocenters. The van der Waals surface area contributed by atoms with Gasteiger partial charge in [0.15, 0.2) is 0 Å². The molecule has 0 spiro atoms. The number of para-hydroxylation sites is 1. The van der Waals surface area contributed by atoms with E-state index < -0.39 is 4.92 Å². The maximum atomic E-state index is 11.0. The molecule has 5 nitrogen and oxygen atoms in total. The van der Waals surface area contributed by atoms with Crippen LogP contribution in [0.5, 0.6) is 11.6 Å². The molecule has 0 radical (unpaired) electrons. The van der Waals surface area contributed by atoms with E-state index in [4.69, 9.17) is 16.3 Å². The van der Waals surface area contributed by atoms with Gasteiger partial charge in [-0.3, -0.25) is 10.1 Å². The maximum Gasteiger partial charge on any atom is 0.331 e. The smallest absolute Gasteiger partial charge is 0.331 e. The monoisotopic (exact) mass is 290 g/mol. The van der Waals surface area contributed by atoms with Gasteiger partial charge >= 0.3 is 11.6 Å². The standard InChI is InChI=1S/C14H11ClN2O3/c1-2-5-10-6-3-4-7-12(10)20-14-11(17(18)19)8-9-13(15)16-14/h2-9H,1H3/b5-2+. The van der Waals surface area contributed by atoms with Crippen molar-refractivity contribution in [2.75, 3.05) is 0 Å². The van der Waals surface area contributed by atoms with Crippen molar-refractivity contribution in [2.45, 2.75) is 6.92 Å². The number of hydrogen-bond donors (Lipinski definition) is 0. The summed E-state index contributed by atoms with van der Waals surface area (Å²) in [6.45, 7) is 1.87. The molecular weight excluding hydrogens is 280 g/mol. The first-order chi connectivity index (χ1) is 9.61. The third-order valence-electron chi connectivity index (χ3n) is 2.47. The van der Waals surface area contributed by atoms with Gasteiger partial charge in [0.05, 0.1) is 4.92 Å². The number of hydrogen-bond acceptors (Lipinski definition) is 4. The van der Waals surface area contributed by atoms with Crippen LogP contribution in [0.1, 0.15) is 12.5 Å². The first-order valence-corrected chi connectivity index (χ1v) is 6.20. The van der Waals surface area contributed by atoms with Crippen molar-refractivity contribution in [3.8, 4) is 11.6 Å². The van der Waals surface area contributed by atoms with E-state index in [-0.39, 0.29) is 16.7 Å². The molecule has 1 aromatic carbocycles. The number of benzene rings is 1. The Morgan fingerprint density at radius 3 is 2.75 bits per heavy atom. The summed E-state index contributed by atoms with van der Waals surface area (Å²) in [7, 11) is 0. The fraction of sp³-hybridized carbons (Fsp3) is 0.0714. The van der Waals surface area contributed by atoms with Gasteiger partial charge in [-0.2, -0.15) is 4.98 Å². The Hall–Kier alpha value is -2.40. The van der Waals surface area contributed by atoms with Gasteiger partial charge in [0.1, 0.15) is 10.9 Å². The Labute approximate surface area is 120 Å². The second kappa shape index (κ2) is 6.16. The SMILES string of the molecule is C/C=C/c1ccccc1Oc1nc(Cl)ccc1[N+](=O)[O-]. The lowest BCUT2D eigenvalue weighted by Crippen LogP contribution is -1.97. The van der Waals surface area contributed by atoms with Crippen LogP contribution >= 0.6 is 11.6 Å². The van der Waals surface area contributed by atoms with Crippen LogP contribution < -0.4 is 4.74 Å². The van der Waals surface area contributed by atoms with Gasteiger partial charge in [-0.15, -0.1) is 0 Å². The predicted molar refractivity (Wildman–Crippen MR) is 77.1 cm³/mol. The summed E-state index contributed by atoms with van der Waals surface area (Å²) in [5.41, 5.74) is 0.566. The van der Waals surface area contributed by atoms with Crippen LogP contribution in [-0.4, -0.2) is 9.91 Å². The highest BCUT2D eigenvalue weighted by Gasteiger charge is 2.18. The van der Waals surface area contributed by atoms with Crippen LogP contribution in [0.2, 0.25) is 5.15 Å². The van der Waals surface area contributed by atoms with E-state index in [9.17, 15) is 10.1 Å². The molecule has 6 heteroatoms. The summed E-state index contributed by atoms with van der Waals surface area (Å²) < 4.78 is 5.55. The molecule has 0 amide bonds. The molecular formula is C14H11ClN2O3. The lowest BCUT2D eigenvalue weighted by Gasteiger charge is -2.08. The second-order valence-corrected chi connectivity index (χ2v) is 4.24. The second-order valence-electron chi connectivity index (χ2n) is 3.86. The molecule has 0 bridgehead atoms. The predicted octanol–water partition coefficient (Wildman–Crippen LogP) is 4.47. The molecule has 0 N–H and O–H groups in total. The minimum Gasteiger partial charge on any atom is -0.433 e. The van der Waals surface area contributed by atoms with Gasteiger partial charge in [-0.1, -0.05) is 42.0 Å². The summed E-state index contributed by atoms with van der Waals surface area (Å²) in [6, 6.07) is 9.79. The third-order valence-corrected chi connectivity index (χ3v) is 2.69. The summed E-state index contributed by atoms with van der Waals surface area (Å²) in [5.74, 6) is 0.350. The number of allylic oxidation sites excluding steroid dienone is 1. The van der Waals surface area contributed by atoms with Crippen molar-refractivity contribution in [2.24, 2.45) is 0 Å². The zero-order valence-electron chi connectivity index (χ0n) is 10.6. The highest BCUT2D eigenvalue weighted by atomic mass is 35.5. The Morgan fingerprint density at radius 1 is 1.30 bits per heavy atom. The van der Waals surface area contributed by atoms with Gasteiger partial charge in [-0.25, -0.2) is 0 Å². The van der Waals surface area contributed by atoms with Gasteiger partial charge in [0.25, 0.3) is 0 Å². The topological polar surface area (TPSA) is 65.3 Å². The van der Waals surface area contributed by atoms with Crippen LogP contribution in [0.4, 0.5) is 5.69 Å².